The molecule has 3 rings (SSSR count). The summed E-state index contributed by atoms with van der Waals surface area (Å²) >= 11 is 0. The lowest BCUT2D eigenvalue weighted by molar-refractivity contribution is 0.419. The Bertz CT molecular complexity index is 673. The van der Waals surface area contributed by atoms with Crippen LogP contribution in [0.1, 0.15) is 0 Å². The summed E-state index contributed by atoms with van der Waals surface area (Å²) < 4.78 is 6.98. The highest BCUT2D eigenvalue weighted by atomic mass is 16.5. The zero-order valence-electron chi connectivity index (χ0n) is 8.71. The molecule has 0 atom stereocenters. The van der Waals surface area contributed by atoms with Gasteiger partial charge in [0.1, 0.15) is 11.3 Å². The second-order valence-electron chi connectivity index (χ2n) is 3.55. The lowest BCUT2D eigenvalue weighted by atomic mass is 10.2. The lowest BCUT2D eigenvalue weighted by Crippen LogP contribution is -1.92. The highest BCUT2D eigenvalue weighted by Gasteiger charge is 2.07. The van der Waals surface area contributed by atoms with Crippen LogP contribution in [0.4, 0.5) is 0 Å². The van der Waals surface area contributed by atoms with E-state index in [4.69, 9.17) is 4.74 Å². The lowest BCUT2D eigenvalue weighted by Gasteiger charge is -2.06. The Kier molecular flexibility index (Phi) is 1.77. The maximum Gasteiger partial charge on any atom is 0.161 e. The predicted molar refractivity (Wildman–Crippen MR) is 60.9 cm³/mol. The number of benzene rings is 1. The van der Waals surface area contributed by atoms with Gasteiger partial charge in [-0.25, -0.2) is 4.52 Å². The van der Waals surface area contributed by atoms with Crippen molar-refractivity contribution >= 4 is 16.4 Å². The van der Waals surface area contributed by atoms with Gasteiger partial charge in [0.2, 0.25) is 0 Å². The van der Waals surface area contributed by atoms with Crippen molar-refractivity contribution in [3.8, 4) is 11.5 Å². The molecule has 0 saturated carbocycles. The van der Waals surface area contributed by atoms with Crippen molar-refractivity contribution in [2.75, 3.05) is 7.11 Å². The standard InChI is InChI=1S/C12H10N2O2/c1-16-12-4-2-3-9-8(12)5-6-10-11(15)7-13-14(9)10/h2-7,15H,1H3. The van der Waals surface area contributed by atoms with Gasteiger partial charge in [-0.05, 0) is 24.3 Å². The molecule has 0 spiro atoms. The summed E-state index contributed by atoms with van der Waals surface area (Å²) in [5.74, 6) is 0.985. The number of methoxy groups -OCH3 is 1. The Morgan fingerprint density at radius 2 is 2.06 bits per heavy atom. The van der Waals surface area contributed by atoms with Crippen LogP contribution in [-0.2, 0) is 0 Å². The van der Waals surface area contributed by atoms with Crippen molar-refractivity contribution < 1.29 is 9.84 Å². The van der Waals surface area contributed by atoms with Crippen molar-refractivity contribution in [3.63, 3.8) is 0 Å². The van der Waals surface area contributed by atoms with E-state index in [-0.39, 0.29) is 5.75 Å². The van der Waals surface area contributed by atoms with E-state index in [0.717, 1.165) is 16.7 Å². The van der Waals surface area contributed by atoms with Gasteiger partial charge in [0.15, 0.2) is 5.75 Å². The Hall–Kier alpha value is -2.23. The summed E-state index contributed by atoms with van der Waals surface area (Å²) in [4.78, 5) is 0. The highest BCUT2D eigenvalue weighted by molar-refractivity contribution is 5.88. The molecule has 0 aliphatic rings. The number of aromatic hydroxyl groups is 1. The van der Waals surface area contributed by atoms with Gasteiger partial charge >= 0.3 is 0 Å². The van der Waals surface area contributed by atoms with Gasteiger partial charge in [-0.1, -0.05) is 6.07 Å². The summed E-state index contributed by atoms with van der Waals surface area (Å²) in [6.45, 7) is 0. The molecule has 2 aromatic heterocycles. The van der Waals surface area contributed by atoms with Gasteiger partial charge in [-0.15, -0.1) is 0 Å². The first-order valence-corrected chi connectivity index (χ1v) is 4.93. The molecule has 4 heteroatoms. The number of aromatic nitrogens is 2. The summed E-state index contributed by atoms with van der Waals surface area (Å²) in [6.07, 6.45) is 1.44. The largest absolute Gasteiger partial charge is 0.504 e. The molecule has 0 aliphatic heterocycles. The molecule has 0 aliphatic carbocycles. The van der Waals surface area contributed by atoms with E-state index in [2.05, 4.69) is 5.10 Å². The van der Waals surface area contributed by atoms with E-state index in [9.17, 15) is 5.11 Å². The molecule has 0 fully saturated rings. The van der Waals surface area contributed by atoms with Gasteiger partial charge in [-0.3, -0.25) is 0 Å². The van der Waals surface area contributed by atoms with Crippen LogP contribution in [0, 0.1) is 0 Å². The number of nitrogens with zero attached hydrogens (tertiary/aromatic N) is 2. The first kappa shape index (κ1) is 9.03. The first-order valence-electron chi connectivity index (χ1n) is 4.93. The van der Waals surface area contributed by atoms with Crippen LogP contribution in [-0.4, -0.2) is 21.8 Å². The highest BCUT2D eigenvalue weighted by Crippen LogP contribution is 2.28. The van der Waals surface area contributed by atoms with Crippen molar-refractivity contribution in [1.29, 1.82) is 0 Å². The molecule has 0 saturated heterocycles. The SMILES string of the molecule is COc1cccc2c1ccc1c(O)cnn12. The molecule has 1 N–H and O–H groups in total. The van der Waals surface area contributed by atoms with E-state index in [0.29, 0.717) is 5.52 Å². The fraction of sp³-hybridized carbons (Fsp3) is 0.0833. The van der Waals surface area contributed by atoms with Gasteiger partial charge < -0.3 is 9.84 Å². The smallest absolute Gasteiger partial charge is 0.161 e. The maximum atomic E-state index is 9.58. The van der Waals surface area contributed by atoms with Crippen LogP contribution >= 0.6 is 0 Å². The van der Waals surface area contributed by atoms with Gasteiger partial charge in [0, 0.05) is 5.39 Å². The number of hydrogen-bond donors (Lipinski definition) is 1. The number of rotatable bonds is 1. The second-order valence-corrected chi connectivity index (χ2v) is 3.55. The molecular formula is C12H10N2O2. The van der Waals surface area contributed by atoms with Crippen LogP contribution < -0.4 is 4.74 Å². The molecule has 2 heterocycles. The summed E-state index contributed by atoms with van der Waals surface area (Å²) in [5, 5.41) is 14.7. The summed E-state index contributed by atoms with van der Waals surface area (Å²) in [7, 11) is 1.64. The Morgan fingerprint density at radius 3 is 2.88 bits per heavy atom. The fourth-order valence-electron chi connectivity index (χ4n) is 1.92. The molecule has 16 heavy (non-hydrogen) atoms. The number of hydrogen-bond acceptors (Lipinski definition) is 3. The third-order valence-electron chi connectivity index (χ3n) is 2.69. The summed E-state index contributed by atoms with van der Waals surface area (Å²) in [5.41, 5.74) is 1.61. The number of ether oxygens (including phenoxy) is 1. The van der Waals surface area contributed by atoms with E-state index < -0.39 is 0 Å². The Labute approximate surface area is 91.7 Å². The van der Waals surface area contributed by atoms with E-state index in [1.165, 1.54) is 6.20 Å². The molecule has 0 radical (unpaired) electrons. The second kappa shape index (κ2) is 3.13. The van der Waals surface area contributed by atoms with Gasteiger partial charge in [0.25, 0.3) is 0 Å². The average Bonchev–Trinajstić information content (AvgIpc) is 2.70. The van der Waals surface area contributed by atoms with Crippen molar-refractivity contribution in [1.82, 2.24) is 9.61 Å². The average molecular weight is 214 g/mol. The molecule has 80 valence electrons. The molecule has 0 unspecified atom stereocenters. The topological polar surface area (TPSA) is 46.8 Å². The first-order chi connectivity index (χ1) is 7.81. The van der Waals surface area contributed by atoms with Crippen LogP contribution in [0.2, 0.25) is 0 Å². The molecule has 3 aromatic rings. The zero-order valence-corrected chi connectivity index (χ0v) is 8.71. The molecule has 4 nitrogen and oxygen atoms in total. The van der Waals surface area contributed by atoms with Crippen molar-refractivity contribution in [2.24, 2.45) is 0 Å². The minimum atomic E-state index is 0.185. The van der Waals surface area contributed by atoms with E-state index in [1.54, 1.807) is 11.6 Å². The molecule has 1 aromatic carbocycles. The third-order valence-corrected chi connectivity index (χ3v) is 2.69. The Balaban J connectivity index is 2.52. The predicted octanol–water partition coefficient (Wildman–Crippen LogP) is 2.20. The van der Waals surface area contributed by atoms with Gasteiger partial charge in [-0.2, -0.15) is 5.10 Å². The van der Waals surface area contributed by atoms with Crippen LogP contribution in [0.3, 0.4) is 0 Å². The summed E-state index contributed by atoms with van der Waals surface area (Å²) in [6, 6.07) is 9.49. The third kappa shape index (κ3) is 1.07. The number of fused-ring (bicyclic) bond motifs is 3. The molecule has 0 amide bonds. The van der Waals surface area contributed by atoms with E-state index in [1.807, 2.05) is 30.3 Å². The van der Waals surface area contributed by atoms with Crippen LogP contribution in [0.5, 0.6) is 11.5 Å². The van der Waals surface area contributed by atoms with Crippen molar-refractivity contribution in [3.05, 3.63) is 36.5 Å². The molecule has 0 bridgehead atoms. The monoisotopic (exact) mass is 214 g/mol. The quantitative estimate of drug-likeness (QED) is 0.675. The fourth-order valence-corrected chi connectivity index (χ4v) is 1.92. The normalized spacial score (nSPS) is 11.1. The van der Waals surface area contributed by atoms with Crippen molar-refractivity contribution in [2.45, 2.75) is 0 Å². The maximum absolute atomic E-state index is 9.58. The molecular weight excluding hydrogens is 204 g/mol. The van der Waals surface area contributed by atoms with E-state index >= 15 is 0 Å². The zero-order chi connectivity index (χ0) is 11.1. The van der Waals surface area contributed by atoms with Gasteiger partial charge in [0.05, 0.1) is 18.8 Å². The minimum Gasteiger partial charge on any atom is -0.504 e. The van der Waals surface area contributed by atoms with Crippen LogP contribution in [0.25, 0.3) is 16.4 Å². The number of pyridine rings is 1. The minimum absolute atomic E-state index is 0.185. The van der Waals surface area contributed by atoms with Crippen LogP contribution in [0.15, 0.2) is 36.5 Å². The Morgan fingerprint density at radius 1 is 1.19 bits per heavy atom.